The van der Waals surface area contributed by atoms with E-state index in [4.69, 9.17) is 16.3 Å². The number of carbonyl (C=O) groups excluding carboxylic acids is 2. The number of nitro benzene ring substituents is 1. The van der Waals surface area contributed by atoms with Crippen LogP contribution in [0.2, 0.25) is 5.02 Å². The molecule has 0 fully saturated rings. The lowest BCUT2D eigenvalue weighted by molar-refractivity contribution is -0.384. The third kappa shape index (κ3) is 6.63. The predicted molar refractivity (Wildman–Crippen MR) is 130 cm³/mol. The van der Waals surface area contributed by atoms with Gasteiger partial charge in [0.2, 0.25) is 0 Å². The number of hydrogen-bond acceptors (Lipinski definition) is 6. The Hall–Kier alpha value is -4.24. The zero-order valence-electron chi connectivity index (χ0n) is 18.4. The summed E-state index contributed by atoms with van der Waals surface area (Å²) in [5.74, 6) is -0.546. The number of nitrogens with one attached hydrogen (secondary N) is 2. The highest BCUT2D eigenvalue weighted by Gasteiger charge is 2.11. The molecule has 0 unspecified atom stereocenters. The van der Waals surface area contributed by atoms with Crippen LogP contribution < -0.4 is 15.5 Å². The first-order chi connectivity index (χ1) is 16.2. The second-order valence-electron chi connectivity index (χ2n) is 7.34. The summed E-state index contributed by atoms with van der Waals surface area (Å²) in [6.07, 6.45) is 1.33. The van der Waals surface area contributed by atoms with Gasteiger partial charge in [-0.3, -0.25) is 19.7 Å². The fourth-order valence-corrected chi connectivity index (χ4v) is 3.09. The van der Waals surface area contributed by atoms with Crippen LogP contribution in [0.3, 0.4) is 0 Å². The van der Waals surface area contributed by atoms with Gasteiger partial charge in [-0.15, -0.1) is 0 Å². The number of carbonyl (C=O) groups is 2. The van der Waals surface area contributed by atoms with Gasteiger partial charge < -0.3 is 10.1 Å². The number of non-ortho nitro benzene ring substituents is 1. The molecular formula is C24H21ClN4O5. The van der Waals surface area contributed by atoms with Gasteiger partial charge in [0.15, 0.2) is 6.61 Å². The van der Waals surface area contributed by atoms with Crippen molar-refractivity contribution in [1.29, 1.82) is 0 Å². The van der Waals surface area contributed by atoms with Crippen molar-refractivity contribution in [3.05, 3.63) is 98.1 Å². The summed E-state index contributed by atoms with van der Waals surface area (Å²) in [5.41, 5.74) is 5.52. The highest BCUT2D eigenvalue weighted by molar-refractivity contribution is 6.30. The average molecular weight is 481 g/mol. The molecule has 3 rings (SSSR count). The van der Waals surface area contributed by atoms with Gasteiger partial charge >= 0.3 is 0 Å². The van der Waals surface area contributed by atoms with Crippen LogP contribution in [0.15, 0.2) is 65.8 Å². The Kier molecular flexibility index (Phi) is 7.94. The van der Waals surface area contributed by atoms with Crippen LogP contribution in [-0.2, 0) is 4.79 Å². The van der Waals surface area contributed by atoms with Crippen molar-refractivity contribution >= 4 is 41.0 Å². The summed E-state index contributed by atoms with van der Waals surface area (Å²) in [6, 6.07) is 15.6. The molecule has 0 aliphatic rings. The van der Waals surface area contributed by atoms with Gasteiger partial charge in [0.1, 0.15) is 5.75 Å². The van der Waals surface area contributed by atoms with Gasteiger partial charge in [-0.1, -0.05) is 23.7 Å². The Balaban J connectivity index is 1.63. The number of rotatable bonds is 8. The van der Waals surface area contributed by atoms with Crippen molar-refractivity contribution < 1.29 is 19.2 Å². The zero-order chi connectivity index (χ0) is 24.7. The molecule has 0 heterocycles. The molecule has 34 heavy (non-hydrogen) atoms. The third-order valence-electron chi connectivity index (χ3n) is 4.71. The van der Waals surface area contributed by atoms with Crippen molar-refractivity contribution in [3.8, 4) is 5.75 Å². The van der Waals surface area contributed by atoms with Crippen LogP contribution in [0, 0.1) is 24.0 Å². The standard InChI is InChI=1S/C24H21ClN4O5/c1-15-3-4-16(2)21(11-15)27-23(30)14-34-22-10-7-19(25)12-18(22)13-26-28-24(31)17-5-8-20(9-6-17)29(32)33/h3-13H,14H2,1-2H3,(H,27,30)(H,28,31)/b26-13+. The maximum atomic E-state index is 12.4. The van der Waals surface area contributed by atoms with Crippen molar-refractivity contribution in [2.75, 3.05) is 11.9 Å². The topological polar surface area (TPSA) is 123 Å². The van der Waals surface area contributed by atoms with Crippen molar-refractivity contribution in [2.45, 2.75) is 13.8 Å². The molecule has 10 heteroatoms. The second kappa shape index (κ2) is 11.1. The molecule has 2 N–H and O–H groups in total. The minimum atomic E-state index is -0.553. The monoisotopic (exact) mass is 480 g/mol. The number of hydrogen-bond donors (Lipinski definition) is 2. The normalized spacial score (nSPS) is 10.7. The van der Waals surface area contributed by atoms with Gasteiger partial charge in [0.25, 0.3) is 17.5 Å². The van der Waals surface area contributed by atoms with Crippen LogP contribution in [0.5, 0.6) is 5.75 Å². The minimum Gasteiger partial charge on any atom is -0.483 e. The summed E-state index contributed by atoms with van der Waals surface area (Å²) in [7, 11) is 0. The van der Waals surface area contributed by atoms with E-state index in [0.717, 1.165) is 11.1 Å². The number of nitro groups is 1. The summed E-state index contributed by atoms with van der Waals surface area (Å²) >= 11 is 6.06. The van der Waals surface area contributed by atoms with Crippen molar-refractivity contribution in [3.63, 3.8) is 0 Å². The number of halogens is 1. The Morgan fingerprint density at radius 1 is 1.09 bits per heavy atom. The fraction of sp³-hybridized carbons (Fsp3) is 0.125. The Bertz CT molecular complexity index is 1260. The molecule has 3 aromatic carbocycles. The molecule has 0 spiro atoms. The van der Waals surface area contributed by atoms with Crippen LogP contribution in [0.4, 0.5) is 11.4 Å². The SMILES string of the molecule is Cc1ccc(C)c(NC(=O)COc2ccc(Cl)cc2/C=N/NC(=O)c2ccc([N+](=O)[O-])cc2)c1. The van der Waals surface area contributed by atoms with Crippen LogP contribution in [0.1, 0.15) is 27.0 Å². The predicted octanol–water partition coefficient (Wildman–Crippen LogP) is 4.65. The van der Waals surface area contributed by atoms with E-state index in [0.29, 0.717) is 22.0 Å². The Morgan fingerprint density at radius 2 is 1.82 bits per heavy atom. The first-order valence-electron chi connectivity index (χ1n) is 10.1. The first kappa shape index (κ1) is 24.4. The number of amides is 2. The fourth-order valence-electron chi connectivity index (χ4n) is 2.91. The lowest BCUT2D eigenvalue weighted by Crippen LogP contribution is -2.21. The number of nitrogens with zero attached hydrogens (tertiary/aromatic N) is 2. The van der Waals surface area contributed by atoms with Gasteiger partial charge in [0, 0.05) is 34.0 Å². The first-order valence-corrected chi connectivity index (χ1v) is 10.5. The van der Waals surface area contributed by atoms with Gasteiger partial charge in [-0.2, -0.15) is 5.10 Å². The lowest BCUT2D eigenvalue weighted by Gasteiger charge is -2.12. The molecule has 0 aliphatic carbocycles. The van der Waals surface area contributed by atoms with E-state index in [9.17, 15) is 19.7 Å². The molecule has 0 radical (unpaired) electrons. The summed E-state index contributed by atoms with van der Waals surface area (Å²) in [6.45, 7) is 3.59. The van der Waals surface area contributed by atoms with E-state index in [1.165, 1.54) is 30.5 Å². The number of ether oxygens (including phenoxy) is 1. The van der Waals surface area contributed by atoms with E-state index >= 15 is 0 Å². The van der Waals surface area contributed by atoms with E-state index in [1.807, 2.05) is 32.0 Å². The molecule has 0 saturated carbocycles. The van der Waals surface area contributed by atoms with Gasteiger partial charge in [-0.25, -0.2) is 5.43 Å². The molecule has 0 saturated heterocycles. The van der Waals surface area contributed by atoms with E-state index < -0.39 is 10.8 Å². The van der Waals surface area contributed by atoms with Crippen molar-refractivity contribution in [1.82, 2.24) is 5.43 Å². The summed E-state index contributed by atoms with van der Waals surface area (Å²) < 4.78 is 5.64. The average Bonchev–Trinajstić information content (AvgIpc) is 2.81. The molecule has 0 atom stereocenters. The van der Waals surface area contributed by atoms with Crippen LogP contribution in [-0.4, -0.2) is 29.6 Å². The summed E-state index contributed by atoms with van der Waals surface area (Å²) in [5, 5.41) is 17.8. The Labute approximate surface area is 200 Å². The Morgan fingerprint density at radius 3 is 2.53 bits per heavy atom. The van der Waals surface area contributed by atoms with Gasteiger partial charge in [0.05, 0.1) is 11.1 Å². The maximum absolute atomic E-state index is 12.4. The number of aryl methyl sites for hydroxylation is 2. The summed E-state index contributed by atoms with van der Waals surface area (Å²) in [4.78, 5) is 34.7. The number of hydrazone groups is 1. The molecule has 0 aliphatic heterocycles. The van der Waals surface area contributed by atoms with E-state index in [2.05, 4.69) is 15.8 Å². The molecule has 2 amide bonds. The molecule has 9 nitrogen and oxygen atoms in total. The zero-order valence-corrected chi connectivity index (χ0v) is 19.1. The van der Waals surface area contributed by atoms with E-state index in [1.54, 1.807) is 18.2 Å². The number of benzene rings is 3. The minimum absolute atomic E-state index is 0.123. The van der Waals surface area contributed by atoms with Gasteiger partial charge in [-0.05, 0) is 61.4 Å². The highest BCUT2D eigenvalue weighted by atomic mass is 35.5. The quantitative estimate of drug-likeness (QED) is 0.276. The van der Waals surface area contributed by atoms with E-state index in [-0.39, 0.29) is 23.8 Å². The third-order valence-corrected chi connectivity index (χ3v) is 4.94. The highest BCUT2D eigenvalue weighted by Crippen LogP contribution is 2.22. The molecular weight excluding hydrogens is 460 g/mol. The number of anilines is 1. The smallest absolute Gasteiger partial charge is 0.271 e. The second-order valence-corrected chi connectivity index (χ2v) is 7.78. The molecule has 0 bridgehead atoms. The molecule has 0 aromatic heterocycles. The molecule has 174 valence electrons. The van der Waals surface area contributed by atoms with Crippen molar-refractivity contribution in [2.24, 2.45) is 5.10 Å². The largest absolute Gasteiger partial charge is 0.483 e. The molecule has 3 aromatic rings. The lowest BCUT2D eigenvalue weighted by atomic mass is 10.1. The van der Waals surface area contributed by atoms with Crippen LogP contribution in [0.25, 0.3) is 0 Å². The maximum Gasteiger partial charge on any atom is 0.271 e. The van der Waals surface area contributed by atoms with Crippen LogP contribution >= 0.6 is 11.6 Å².